The van der Waals surface area contributed by atoms with Crippen LogP contribution in [0.4, 0.5) is 0 Å². The Hall–Kier alpha value is -2.36. The van der Waals surface area contributed by atoms with Crippen molar-refractivity contribution in [3.8, 4) is 0 Å². The minimum Gasteiger partial charge on any atom is -0.343 e. The van der Waals surface area contributed by atoms with E-state index >= 15 is 0 Å². The first kappa shape index (κ1) is 19.0. The van der Waals surface area contributed by atoms with Crippen LogP contribution in [-0.2, 0) is 4.79 Å². The lowest BCUT2D eigenvalue weighted by Gasteiger charge is -2.37. The van der Waals surface area contributed by atoms with Crippen LogP contribution in [0.5, 0.6) is 0 Å². The minimum atomic E-state index is 0.0588. The van der Waals surface area contributed by atoms with Gasteiger partial charge in [-0.15, -0.1) is 0 Å². The maximum atomic E-state index is 13.1. The third-order valence-electron chi connectivity index (χ3n) is 6.62. The van der Waals surface area contributed by atoms with Gasteiger partial charge in [0.25, 0.3) is 5.91 Å². The first-order valence-corrected chi connectivity index (χ1v) is 10.7. The molecular weight excluding hydrogens is 348 g/mol. The summed E-state index contributed by atoms with van der Waals surface area (Å²) in [5.41, 5.74) is 0.766. The smallest absolute Gasteiger partial charge is 0.254 e. The number of piperidine rings is 1. The van der Waals surface area contributed by atoms with Crippen LogP contribution in [0.2, 0.25) is 0 Å². The molecule has 2 aliphatic rings. The second kappa shape index (κ2) is 8.34. The van der Waals surface area contributed by atoms with Crippen molar-refractivity contribution in [3.63, 3.8) is 0 Å². The van der Waals surface area contributed by atoms with E-state index in [1.54, 1.807) is 0 Å². The summed E-state index contributed by atoms with van der Waals surface area (Å²) in [6.45, 7) is 1.33. The molecule has 148 valence electrons. The number of nitrogens with zero attached hydrogens (tertiary/aromatic N) is 2. The fourth-order valence-corrected chi connectivity index (χ4v) is 4.85. The van der Waals surface area contributed by atoms with Gasteiger partial charge in [0.05, 0.1) is 0 Å². The second-order valence-electron chi connectivity index (χ2n) is 8.33. The highest BCUT2D eigenvalue weighted by Gasteiger charge is 2.32. The van der Waals surface area contributed by atoms with E-state index in [0.717, 1.165) is 42.0 Å². The van der Waals surface area contributed by atoms with Crippen LogP contribution < -0.4 is 0 Å². The predicted molar refractivity (Wildman–Crippen MR) is 112 cm³/mol. The topological polar surface area (TPSA) is 40.6 Å². The van der Waals surface area contributed by atoms with Crippen LogP contribution in [0.25, 0.3) is 10.8 Å². The summed E-state index contributed by atoms with van der Waals surface area (Å²) in [7, 11) is 1.98. The first-order valence-electron chi connectivity index (χ1n) is 10.7. The van der Waals surface area contributed by atoms with Gasteiger partial charge in [-0.25, -0.2) is 0 Å². The standard InChI is InChI=1S/C24H30N2O2/c1-25(20-10-3-2-4-11-20)23(27)19-14-16-26(17-15-19)24(28)22-13-7-9-18-8-5-6-12-21(18)22/h5-9,12-13,19-20H,2-4,10-11,14-17H2,1H3. The summed E-state index contributed by atoms with van der Waals surface area (Å²) < 4.78 is 0. The zero-order valence-electron chi connectivity index (χ0n) is 16.8. The summed E-state index contributed by atoms with van der Waals surface area (Å²) in [4.78, 5) is 30.0. The summed E-state index contributed by atoms with van der Waals surface area (Å²) in [6, 6.07) is 14.3. The van der Waals surface area contributed by atoms with Crippen molar-refractivity contribution in [2.45, 2.75) is 51.0 Å². The number of carbonyl (C=O) groups is 2. The Morgan fingerprint density at radius 3 is 2.32 bits per heavy atom. The largest absolute Gasteiger partial charge is 0.343 e. The van der Waals surface area contributed by atoms with E-state index in [-0.39, 0.29) is 17.7 Å². The lowest BCUT2D eigenvalue weighted by Crippen LogP contribution is -2.46. The fraction of sp³-hybridized carbons (Fsp3) is 0.500. The highest BCUT2D eigenvalue weighted by Crippen LogP contribution is 2.27. The number of likely N-dealkylation sites (tertiary alicyclic amines) is 1. The molecule has 4 rings (SSSR count). The van der Waals surface area contributed by atoms with Crippen molar-refractivity contribution < 1.29 is 9.59 Å². The molecule has 4 nitrogen and oxygen atoms in total. The van der Waals surface area contributed by atoms with E-state index < -0.39 is 0 Å². The second-order valence-corrected chi connectivity index (χ2v) is 8.33. The van der Waals surface area contributed by atoms with Gasteiger partial charge < -0.3 is 9.80 Å². The lowest BCUT2D eigenvalue weighted by atomic mass is 9.91. The maximum absolute atomic E-state index is 13.1. The summed E-state index contributed by atoms with van der Waals surface area (Å²) >= 11 is 0. The van der Waals surface area contributed by atoms with E-state index in [9.17, 15) is 9.59 Å². The molecule has 0 unspecified atom stereocenters. The van der Waals surface area contributed by atoms with Gasteiger partial charge in [-0.1, -0.05) is 55.7 Å². The van der Waals surface area contributed by atoms with Gasteiger partial charge in [-0.05, 0) is 42.5 Å². The highest BCUT2D eigenvalue weighted by atomic mass is 16.2. The van der Waals surface area contributed by atoms with Crippen molar-refractivity contribution in [2.75, 3.05) is 20.1 Å². The monoisotopic (exact) mass is 378 g/mol. The molecule has 2 aromatic rings. The van der Waals surface area contributed by atoms with Crippen LogP contribution in [0.1, 0.15) is 55.3 Å². The maximum Gasteiger partial charge on any atom is 0.254 e. The molecule has 1 aliphatic carbocycles. The Morgan fingerprint density at radius 1 is 0.893 bits per heavy atom. The molecule has 0 spiro atoms. The summed E-state index contributed by atoms with van der Waals surface area (Å²) in [6.07, 6.45) is 7.59. The highest BCUT2D eigenvalue weighted by molar-refractivity contribution is 6.07. The molecule has 1 saturated carbocycles. The van der Waals surface area contributed by atoms with E-state index in [1.165, 1.54) is 19.3 Å². The summed E-state index contributed by atoms with van der Waals surface area (Å²) in [5, 5.41) is 2.10. The van der Waals surface area contributed by atoms with E-state index in [0.29, 0.717) is 19.1 Å². The van der Waals surface area contributed by atoms with Gasteiger partial charge in [0, 0.05) is 37.7 Å². The normalized spacial score (nSPS) is 19.0. The van der Waals surface area contributed by atoms with Crippen molar-refractivity contribution in [1.82, 2.24) is 9.80 Å². The van der Waals surface area contributed by atoms with Crippen molar-refractivity contribution >= 4 is 22.6 Å². The molecule has 1 aliphatic heterocycles. The average Bonchev–Trinajstić information content (AvgIpc) is 2.78. The van der Waals surface area contributed by atoms with Crippen molar-refractivity contribution in [1.29, 1.82) is 0 Å². The number of fused-ring (bicyclic) bond motifs is 1. The number of amides is 2. The molecule has 28 heavy (non-hydrogen) atoms. The molecule has 4 heteroatoms. The zero-order valence-corrected chi connectivity index (χ0v) is 16.8. The SMILES string of the molecule is CN(C(=O)C1CCN(C(=O)c2cccc3ccccc23)CC1)C1CCCCC1. The van der Waals surface area contributed by atoms with Crippen LogP contribution in [0.3, 0.4) is 0 Å². The molecule has 0 radical (unpaired) electrons. The van der Waals surface area contributed by atoms with Gasteiger partial charge in [0.1, 0.15) is 0 Å². The van der Waals surface area contributed by atoms with Gasteiger partial charge in [0.15, 0.2) is 0 Å². The van der Waals surface area contributed by atoms with Gasteiger partial charge >= 0.3 is 0 Å². The predicted octanol–water partition coefficient (Wildman–Crippen LogP) is 4.48. The molecular formula is C24H30N2O2. The number of rotatable bonds is 3. The Bertz CT molecular complexity index is 843. The zero-order chi connectivity index (χ0) is 19.5. The van der Waals surface area contributed by atoms with Gasteiger partial charge in [-0.3, -0.25) is 9.59 Å². The van der Waals surface area contributed by atoms with Crippen molar-refractivity contribution in [2.24, 2.45) is 5.92 Å². The average molecular weight is 379 g/mol. The number of benzene rings is 2. The Kier molecular flexibility index (Phi) is 5.65. The first-order chi connectivity index (χ1) is 13.6. The Balaban J connectivity index is 1.39. The van der Waals surface area contributed by atoms with Crippen LogP contribution >= 0.6 is 0 Å². The van der Waals surface area contributed by atoms with Crippen LogP contribution in [-0.4, -0.2) is 47.8 Å². The van der Waals surface area contributed by atoms with Gasteiger partial charge in [-0.2, -0.15) is 0 Å². The quantitative estimate of drug-likeness (QED) is 0.790. The third kappa shape index (κ3) is 3.78. The molecule has 1 heterocycles. The third-order valence-corrected chi connectivity index (χ3v) is 6.62. The number of hydrogen-bond acceptors (Lipinski definition) is 2. The van der Waals surface area contributed by atoms with Gasteiger partial charge in [0.2, 0.25) is 5.91 Å². The Labute approximate surface area is 167 Å². The number of hydrogen-bond donors (Lipinski definition) is 0. The molecule has 2 fully saturated rings. The van der Waals surface area contributed by atoms with E-state index in [2.05, 4.69) is 0 Å². The summed E-state index contributed by atoms with van der Waals surface area (Å²) in [5.74, 6) is 0.427. The van der Waals surface area contributed by atoms with E-state index in [1.807, 2.05) is 59.3 Å². The molecule has 2 amide bonds. The molecule has 0 aromatic heterocycles. The molecule has 2 aromatic carbocycles. The molecule has 0 bridgehead atoms. The molecule has 0 atom stereocenters. The van der Waals surface area contributed by atoms with E-state index in [4.69, 9.17) is 0 Å². The van der Waals surface area contributed by atoms with Crippen molar-refractivity contribution in [3.05, 3.63) is 48.0 Å². The number of carbonyl (C=O) groups excluding carboxylic acids is 2. The molecule has 1 saturated heterocycles. The molecule has 0 N–H and O–H groups in total. The van der Waals surface area contributed by atoms with Crippen LogP contribution in [0.15, 0.2) is 42.5 Å². The minimum absolute atomic E-state index is 0.0588. The Morgan fingerprint density at radius 2 is 1.57 bits per heavy atom. The lowest BCUT2D eigenvalue weighted by molar-refractivity contribution is -0.138. The fourth-order valence-electron chi connectivity index (χ4n) is 4.85. The van der Waals surface area contributed by atoms with Crippen LogP contribution in [0, 0.1) is 5.92 Å².